The van der Waals surface area contributed by atoms with Crippen molar-refractivity contribution in [3.8, 4) is 0 Å². The Balaban J connectivity index is 2.19. The fourth-order valence-electron chi connectivity index (χ4n) is 0.560. The van der Waals surface area contributed by atoms with Crippen molar-refractivity contribution < 1.29 is 4.74 Å². The zero-order valence-corrected chi connectivity index (χ0v) is 6.37. The summed E-state index contributed by atoms with van der Waals surface area (Å²) < 4.78 is 5.15. The summed E-state index contributed by atoms with van der Waals surface area (Å²) in [6.07, 6.45) is 0. The molecule has 60 valence electrons. The van der Waals surface area contributed by atoms with Crippen LogP contribution in [0.25, 0.3) is 0 Å². The summed E-state index contributed by atoms with van der Waals surface area (Å²) in [6.45, 7) is 6.50. The van der Waals surface area contributed by atoms with Crippen molar-refractivity contribution in [2.24, 2.45) is 0 Å². The number of H-pyrrole nitrogens is 1. The first-order valence-electron chi connectivity index (χ1n) is 3.23. The molecule has 0 saturated heterocycles. The molecule has 11 heavy (non-hydrogen) atoms. The minimum absolute atomic E-state index is 0.378. The van der Waals surface area contributed by atoms with Crippen molar-refractivity contribution in [2.45, 2.75) is 13.5 Å². The van der Waals surface area contributed by atoms with E-state index in [-0.39, 0.29) is 0 Å². The van der Waals surface area contributed by atoms with E-state index in [0.717, 1.165) is 5.57 Å². The molecule has 1 heterocycles. The van der Waals surface area contributed by atoms with Crippen LogP contribution in [0.15, 0.2) is 12.2 Å². The lowest BCUT2D eigenvalue weighted by atomic mass is 10.4. The van der Waals surface area contributed by atoms with E-state index in [0.29, 0.717) is 19.0 Å². The largest absolute Gasteiger partial charge is 0.369 e. The van der Waals surface area contributed by atoms with Gasteiger partial charge in [0.25, 0.3) is 0 Å². The molecule has 5 heteroatoms. The lowest BCUT2D eigenvalue weighted by Crippen LogP contribution is -1.97. The third-order valence-corrected chi connectivity index (χ3v) is 0.969. The number of rotatable bonds is 4. The van der Waals surface area contributed by atoms with E-state index in [1.807, 2.05) is 6.92 Å². The molecule has 0 atom stereocenters. The zero-order chi connectivity index (χ0) is 8.10. The third-order valence-electron chi connectivity index (χ3n) is 0.969. The Morgan fingerprint density at radius 3 is 3.09 bits per heavy atom. The summed E-state index contributed by atoms with van der Waals surface area (Å²) in [6, 6.07) is 0. The molecule has 0 radical (unpaired) electrons. The van der Waals surface area contributed by atoms with Crippen LogP contribution in [0.5, 0.6) is 0 Å². The number of aromatic nitrogens is 4. The summed E-state index contributed by atoms with van der Waals surface area (Å²) in [5, 5.41) is 13.1. The second-order valence-electron chi connectivity index (χ2n) is 2.28. The molecule has 0 aliphatic heterocycles. The van der Waals surface area contributed by atoms with Crippen LogP contribution < -0.4 is 0 Å². The smallest absolute Gasteiger partial charge is 0.200 e. The molecular weight excluding hydrogens is 144 g/mol. The molecule has 5 nitrogen and oxygen atoms in total. The minimum Gasteiger partial charge on any atom is -0.369 e. The molecule has 0 saturated carbocycles. The molecule has 0 bridgehead atoms. The summed E-state index contributed by atoms with van der Waals surface area (Å²) in [5.41, 5.74) is 0.980. The molecule has 0 spiro atoms. The van der Waals surface area contributed by atoms with Crippen LogP contribution in [-0.2, 0) is 11.3 Å². The predicted molar refractivity (Wildman–Crippen MR) is 38.6 cm³/mol. The lowest BCUT2D eigenvalue weighted by Gasteiger charge is -1.97. The Hall–Kier alpha value is -1.23. The highest BCUT2D eigenvalue weighted by molar-refractivity contribution is 4.87. The summed E-state index contributed by atoms with van der Waals surface area (Å²) in [4.78, 5) is 0. The van der Waals surface area contributed by atoms with Gasteiger partial charge in [-0.15, -0.1) is 10.2 Å². The molecule has 0 fully saturated rings. The SMILES string of the molecule is C=C(C)COCc1nn[nH]n1. The highest BCUT2D eigenvalue weighted by atomic mass is 16.5. The van der Waals surface area contributed by atoms with E-state index in [1.165, 1.54) is 0 Å². The molecule has 1 N–H and O–H groups in total. The number of ether oxygens (including phenoxy) is 1. The highest BCUT2D eigenvalue weighted by Crippen LogP contribution is 1.92. The standard InChI is InChI=1S/C6H10N4O/c1-5(2)3-11-4-6-7-9-10-8-6/h1,3-4H2,2H3,(H,7,8,9,10). The molecule has 0 amide bonds. The van der Waals surface area contributed by atoms with Gasteiger partial charge in [0.05, 0.1) is 6.61 Å². The molecule has 1 rings (SSSR count). The quantitative estimate of drug-likeness (QED) is 0.633. The lowest BCUT2D eigenvalue weighted by molar-refractivity contribution is 0.137. The van der Waals surface area contributed by atoms with Crippen LogP contribution >= 0.6 is 0 Å². The first kappa shape index (κ1) is 7.87. The Morgan fingerprint density at radius 1 is 1.73 bits per heavy atom. The summed E-state index contributed by atoms with van der Waals surface area (Å²) in [7, 11) is 0. The molecular formula is C6H10N4O. The number of hydrogen-bond donors (Lipinski definition) is 1. The average molecular weight is 154 g/mol. The zero-order valence-electron chi connectivity index (χ0n) is 6.37. The van der Waals surface area contributed by atoms with Gasteiger partial charge in [0, 0.05) is 0 Å². The van der Waals surface area contributed by atoms with Crippen LogP contribution in [0.3, 0.4) is 0 Å². The minimum atomic E-state index is 0.378. The monoisotopic (exact) mass is 154 g/mol. The molecule has 0 unspecified atom stereocenters. The maximum absolute atomic E-state index is 5.15. The molecule has 1 aromatic heterocycles. The topological polar surface area (TPSA) is 63.7 Å². The van der Waals surface area contributed by atoms with Crippen LogP contribution in [0.4, 0.5) is 0 Å². The number of nitrogens with one attached hydrogen (secondary N) is 1. The summed E-state index contributed by atoms with van der Waals surface area (Å²) >= 11 is 0. The third kappa shape index (κ3) is 2.90. The first-order valence-corrected chi connectivity index (χ1v) is 3.23. The fourth-order valence-corrected chi connectivity index (χ4v) is 0.560. The number of tetrazole rings is 1. The maximum atomic E-state index is 5.15. The fraction of sp³-hybridized carbons (Fsp3) is 0.500. The number of nitrogens with zero attached hydrogens (tertiary/aromatic N) is 3. The average Bonchev–Trinajstić information content (AvgIpc) is 2.39. The van der Waals surface area contributed by atoms with Gasteiger partial charge in [0.1, 0.15) is 6.61 Å². The Morgan fingerprint density at radius 2 is 2.55 bits per heavy atom. The molecule has 0 aromatic carbocycles. The van der Waals surface area contributed by atoms with Crippen LogP contribution in [0.2, 0.25) is 0 Å². The maximum Gasteiger partial charge on any atom is 0.200 e. The van der Waals surface area contributed by atoms with Gasteiger partial charge in [0.15, 0.2) is 5.82 Å². The molecule has 1 aromatic rings. The van der Waals surface area contributed by atoms with Crippen molar-refractivity contribution in [3.05, 3.63) is 18.0 Å². The van der Waals surface area contributed by atoms with Gasteiger partial charge in [-0.1, -0.05) is 17.4 Å². The normalized spacial score (nSPS) is 9.91. The molecule has 0 aliphatic carbocycles. The predicted octanol–water partition coefficient (Wildman–Crippen LogP) is 0.292. The van der Waals surface area contributed by atoms with E-state index in [4.69, 9.17) is 4.74 Å². The Bertz CT molecular complexity index is 218. The van der Waals surface area contributed by atoms with E-state index in [1.54, 1.807) is 0 Å². The Kier molecular flexibility index (Phi) is 2.74. The van der Waals surface area contributed by atoms with E-state index >= 15 is 0 Å². The van der Waals surface area contributed by atoms with Crippen molar-refractivity contribution >= 4 is 0 Å². The molecule has 0 aliphatic rings. The van der Waals surface area contributed by atoms with Crippen molar-refractivity contribution in [3.63, 3.8) is 0 Å². The van der Waals surface area contributed by atoms with Crippen molar-refractivity contribution in [1.82, 2.24) is 20.6 Å². The Labute approximate surface area is 64.5 Å². The van der Waals surface area contributed by atoms with E-state index < -0.39 is 0 Å². The van der Waals surface area contributed by atoms with Crippen LogP contribution in [-0.4, -0.2) is 27.2 Å². The van der Waals surface area contributed by atoms with Gasteiger partial charge in [0.2, 0.25) is 0 Å². The first-order chi connectivity index (χ1) is 5.29. The van der Waals surface area contributed by atoms with E-state index in [9.17, 15) is 0 Å². The van der Waals surface area contributed by atoms with Gasteiger partial charge in [-0.25, -0.2) is 0 Å². The highest BCUT2D eigenvalue weighted by Gasteiger charge is 1.96. The van der Waals surface area contributed by atoms with Gasteiger partial charge in [-0.05, 0) is 6.92 Å². The second-order valence-corrected chi connectivity index (χ2v) is 2.28. The van der Waals surface area contributed by atoms with Crippen molar-refractivity contribution in [1.29, 1.82) is 0 Å². The van der Waals surface area contributed by atoms with Gasteiger partial charge < -0.3 is 4.74 Å². The van der Waals surface area contributed by atoms with Crippen molar-refractivity contribution in [2.75, 3.05) is 6.61 Å². The van der Waals surface area contributed by atoms with Gasteiger partial charge in [-0.3, -0.25) is 0 Å². The van der Waals surface area contributed by atoms with E-state index in [2.05, 4.69) is 27.2 Å². The summed E-state index contributed by atoms with van der Waals surface area (Å²) in [5.74, 6) is 0.561. The number of aromatic amines is 1. The second kappa shape index (κ2) is 3.82. The number of hydrogen-bond acceptors (Lipinski definition) is 4. The van der Waals surface area contributed by atoms with Gasteiger partial charge in [-0.2, -0.15) is 5.21 Å². The van der Waals surface area contributed by atoms with Gasteiger partial charge >= 0.3 is 0 Å². The van der Waals surface area contributed by atoms with Crippen LogP contribution in [0.1, 0.15) is 12.7 Å². The van der Waals surface area contributed by atoms with Crippen LogP contribution in [0, 0.1) is 0 Å².